The summed E-state index contributed by atoms with van der Waals surface area (Å²) >= 11 is 0. The molecule has 15 heteroatoms. The molecule has 3 aliphatic rings. The molecule has 3 fully saturated rings. The van der Waals surface area contributed by atoms with Gasteiger partial charge in [0.2, 0.25) is 32.7 Å². The molecule has 0 bridgehead atoms. The number of carbonyl (C=O) groups is 4. The van der Waals surface area contributed by atoms with Crippen molar-refractivity contribution in [1.29, 1.82) is 0 Å². The Kier molecular flexibility index (Phi) is 9.26. The molecule has 6 atom stereocenters. The van der Waals surface area contributed by atoms with Crippen LogP contribution in [-0.2, 0) is 29.0 Å². The van der Waals surface area contributed by atoms with Crippen LogP contribution in [0.1, 0.15) is 52.9 Å². The van der Waals surface area contributed by atoms with Crippen LogP contribution < -0.4 is 16.0 Å². The third kappa shape index (κ3) is 7.32. The normalized spacial score (nSPS) is 27.1. The highest BCUT2D eigenvalue weighted by atomic mass is 32.2. The Morgan fingerprint density at radius 2 is 1.77 bits per heavy atom. The molecule has 0 unspecified atom stereocenters. The lowest BCUT2D eigenvalue weighted by Gasteiger charge is -2.36. The van der Waals surface area contributed by atoms with Crippen LogP contribution in [0.15, 0.2) is 11.2 Å². The Balaban J connectivity index is 1.91. The summed E-state index contributed by atoms with van der Waals surface area (Å²) in [6, 6.07) is -3.95. The minimum atomic E-state index is -5.22. The summed E-state index contributed by atoms with van der Waals surface area (Å²) in [4.78, 5) is 52.4. The molecule has 2 heterocycles. The Morgan fingerprint density at radius 1 is 1.12 bits per heavy atom. The third-order valence-corrected chi connectivity index (χ3v) is 8.65. The maximum absolute atomic E-state index is 14.5. The predicted octanol–water partition coefficient (Wildman–Crippen LogP) is 1.57. The second kappa shape index (κ2) is 11.6. The number of hydrogen-bond donors (Lipinski definition) is 3. The SMILES string of the molecule is CC(C)(C)[C@@H](NC(=O)C(F)(F)F)C(=O)N1C[C@@H]2CCC[C@@H]2[C@H]1C(=O)N[C@@H](/C=C(/F)S(C)(=O)=O)C[C@H]1CCNC1=O. The summed E-state index contributed by atoms with van der Waals surface area (Å²) in [5.41, 5.74) is -1.14. The third-order valence-electron chi connectivity index (χ3n) is 7.80. The van der Waals surface area contributed by atoms with Gasteiger partial charge in [-0.25, -0.2) is 8.42 Å². The highest BCUT2D eigenvalue weighted by Crippen LogP contribution is 2.43. The average Bonchev–Trinajstić information content (AvgIpc) is 3.50. The van der Waals surface area contributed by atoms with E-state index in [2.05, 4.69) is 10.6 Å². The van der Waals surface area contributed by atoms with E-state index >= 15 is 0 Å². The fourth-order valence-corrected chi connectivity index (χ4v) is 6.20. The van der Waals surface area contributed by atoms with Gasteiger partial charge in [0.1, 0.15) is 12.1 Å². The molecule has 4 amide bonds. The Hall–Kier alpha value is -2.71. The molecule has 0 aromatic rings. The van der Waals surface area contributed by atoms with Gasteiger partial charge in [0.05, 0.1) is 6.04 Å². The van der Waals surface area contributed by atoms with Crippen LogP contribution in [0, 0.1) is 23.2 Å². The van der Waals surface area contributed by atoms with E-state index in [1.165, 1.54) is 25.7 Å². The van der Waals surface area contributed by atoms with Crippen molar-refractivity contribution >= 4 is 33.5 Å². The summed E-state index contributed by atoms with van der Waals surface area (Å²) in [6.07, 6.45) is -1.55. The van der Waals surface area contributed by atoms with E-state index in [1.54, 1.807) is 5.32 Å². The van der Waals surface area contributed by atoms with Crippen molar-refractivity contribution in [1.82, 2.24) is 20.9 Å². The van der Waals surface area contributed by atoms with E-state index in [0.29, 0.717) is 38.1 Å². The number of alkyl halides is 3. The van der Waals surface area contributed by atoms with E-state index in [1.807, 2.05) is 0 Å². The van der Waals surface area contributed by atoms with Crippen LogP contribution in [0.2, 0.25) is 0 Å². The predicted molar refractivity (Wildman–Crippen MR) is 135 cm³/mol. The number of amides is 4. The van der Waals surface area contributed by atoms with Crippen LogP contribution >= 0.6 is 0 Å². The fraction of sp³-hybridized carbons (Fsp3) is 0.760. The zero-order chi connectivity index (χ0) is 30.2. The van der Waals surface area contributed by atoms with Crippen molar-refractivity contribution in [2.75, 3.05) is 19.3 Å². The van der Waals surface area contributed by atoms with Gasteiger partial charge in [-0.1, -0.05) is 27.2 Å². The second-order valence-corrected chi connectivity index (χ2v) is 13.9. The minimum Gasteiger partial charge on any atom is -0.356 e. The summed E-state index contributed by atoms with van der Waals surface area (Å²) in [7, 11) is -4.24. The lowest BCUT2D eigenvalue weighted by Crippen LogP contribution is -2.60. The van der Waals surface area contributed by atoms with Gasteiger partial charge in [0.15, 0.2) is 0 Å². The first-order chi connectivity index (χ1) is 18.3. The average molecular weight is 597 g/mol. The molecule has 40 heavy (non-hydrogen) atoms. The monoisotopic (exact) mass is 596 g/mol. The number of likely N-dealkylation sites (tertiary alicyclic amines) is 1. The molecule has 10 nitrogen and oxygen atoms in total. The number of carbonyl (C=O) groups excluding carboxylic acids is 4. The first-order valence-electron chi connectivity index (χ1n) is 13.1. The molecular formula is C25H36F4N4O6S. The molecule has 3 rings (SSSR count). The topological polar surface area (TPSA) is 142 Å². The van der Waals surface area contributed by atoms with Crippen LogP contribution in [0.5, 0.6) is 0 Å². The van der Waals surface area contributed by atoms with Crippen LogP contribution in [-0.4, -0.2) is 80.6 Å². The van der Waals surface area contributed by atoms with E-state index in [9.17, 15) is 45.2 Å². The molecule has 0 spiro atoms. The lowest BCUT2D eigenvalue weighted by molar-refractivity contribution is -0.176. The minimum absolute atomic E-state index is 0.0826. The van der Waals surface area contributed by atoms with Gasteiger partial charge >= 0.3 is 12.1 Å². The van der Waals surface area contributed by atoms with E-state index in [-0.39, 0.29) is 30.7 Å². The van der Waals surface area contributed by atoms with Gasteiger partial charge in [-0.05, 0) is 49.0 Å². The summed E-state index contributed by atoms with van der Waals surface area (Å²) in [5.74, 6) is -5.25. The van der Waals surface area contributed by atoms with Crippen molar-refractivity contribution in [3.05, 3.63) is 11.2 Å². The highest BCUT2D eigenvalue weighted by molar-refractivity contribution is 7.94. The summed E-state index contributed by atoms with van der Waals surface area (Å²) < 4.78 is 77.1. The maximum atomic E-state index is 14.5. The van der Waals surface area contributed by atoms with Crippen LogP contribution in [0.25, 0.3) is 0 Å². The number of nitrogens with zero attached hydrogens (tertiary/aromatic N) is 1. The molecular weight excluding hydrogens is 560 g/mol. The van der Waals surface area contributed by atoms with Gasteiger partial charge in [-0.3, -0.25) is 19.2 Å². The van der Waals surface area contributed by atoms with Gasteiger partial charge in [-0.2, -0.15) is 17.6 Å². The number of halogens is 4. The number of hydrogen-bond acceptors (Lipinski definition) is 6. The smallest absolute Gasteiger partial charge is 0.356 e. The molecule has 0 radical (unpaired) electrons. The second-order valence-electron chi connectivity index (χ2n) is 11.9. The molecule has 2 aliphatic heterocycles. The number of fused-ring (bicyclic) bond motifs is 1. The van der Waals surface area contributed by atoms with Crippen molar-refractivity contribution in [3.8, 4) is 0 Å². The number of sulfone groups is 1. The molecule has 0 aromatic heterocycles. The Labute approximate surface area is 230 Å². The Bertz CT molecular complexity index is 1170. The number of rotatable bonds is 8. The molecule has 0 aromatic carbocycles. The largest absolute Gasteiger partial charge is 0.471 e. The van der Waals surface area contributed by atoms with Crippen LogP contribution in [0.3, 0.4) is 0 Å². The van der Waals surface area contributed by atoms with Crippen molar-refractivity contribution in [3.63, 3.8) is 0 Å². The van der Waals surface area contributed by atoms with Crippen molar-refractivity contribution in [2.45, 2.75) is 77.2 Å². The van der Waals surface area contributed by atoms with E-state index in [4.69, 9.17) is 0 Å². The first kappa shape index (κ1) is 31.8. The van der Waals surface area contributed by atoms with Gasteiger partial charge in [-0.15, -0.1) is 0 Å². The molecule has 2 saturated heterocycles. The summed E-state index contributed by atoms with van der Waals surface area (Å²) in [5, 5.41) is 5.50. The van der Waals surface area contributed by atoms with Crippen LogP contribution in [0.4, 0.5) is 17.6 Å². The zero-order valence-corrected chi connectivity index (χ0v) is 23.6. The molecule has 3 N–H and O–H groups in total. The molecule has 1 saturated carbocycles. The maximum Gasteiger partial charge on any atom is 0.471 e. The van der Waals surface area contributed by atoms with E-state index in [0.717, 1.165) is 6.42 Å². The van der Waals surface area contributed by atoms with Crippen molar-refractivity contribution in [2.24, 2.45) is 23.2 Å². The molecule has 226 valence electrons. The molecule has 1 aliphatic carbocycles. The van der Waals surface area contributed by atoms with Gasteiger partial charge < -0.3 is 20.9 Å². The van der Waals surface area contributed by atoms with E-state index < -0.39 is 68.4 Å². The van der Waals surface area contributed by atoms with Gasteiger partial charge in [0, 0.05) is 25.3 Å². The van der Waals surface area contributed by atoms with Gasteiger partial charge in [0.25, 0.3) is 0 Å². The highest BCUT2D eigenvalue weighted by Gasteiger charge is 2.53. The first-order valence-corrected chi connectivity index (χ1v) is 15.0. The lowest BCUT2D eigenvalue weighted by atomic mass is 9.85. The standard InChI is InChI=1S/C25H36F4N4O6S/c1-24(2,3)19(32-23(37)25(27,28)29)22(36)33-12-14-6-5-7-16(14)18(33)21(35)31-15(11-17(26)40(4,38)39)10-13-8-9-30-20(13)34/h11,13-16,18-19H,5-10,12H2,1-4H3,(H,30,34)(H,31,35)(H,32,37)/b17-11-/t13-,14+,15-,16+,18+,19+/m1/s1. The zero-order valence-electron chi connectivity index (χ0n) is 22.8. The quantitative estimate of drug-likeness (QED) is 0.364. The summed E-state index contributed by atoms with van der Waals surface area (Å²) in [6.45, 7) is 4.91. The number of nitrogens with one attached hydrogen (secondary N) is 3. The fourth-order valence-electron chi connectivity index (χ4n) is 5.79. The Morgan fingerprint density at radius 3 is 2.30 bits per heavy atom. The van der Waals surface area contributed by atoms with Crippen molar-refractivity contribution < 1.29 is 45.2 Å².